The highest BCUT2D eigenvalue weighted by Gasteiger charge is 2.21. The second-order valence-corrected chi connectivity index (χ2v) is 5.70. The van der Waals surface area contributed by atoms with Crippen molar-refractivity contribution in [2.45, 2.75) is 38.8 Å². The zero-order valence-electron chi connectivity index (χ0n) is 11.0. The van der Waals surface area contributed by atoms with Gasteiger partial charge in [-0.1, -0.05) is 0 Å². The Morgan fingerprint density at radius 2 is 2.35 bits per heavy atom. The predicted octanol–water partition coefficient (Wildman–Crippen LogP) is 1.89. The maximum atomic E-state index is 10.1. The number of methoxy groups -OCH3 is 1. The molecule has 0 aliphatic carbocycles. The van der Waals surface area contributed by atoms with Crippen molar-refractivity contribution in [3.8, 4) is 0 Å². The van der Waals surface area contributed by atoms with Crippen LogP contribution in [0.5, 0.6) is 0 Å². The van der Waals surface area contributed by atoms with Gasteiger partial charge in [-0.3, -0.25) is 0 Å². The van der Waals surface area contributed by atoms with Gasteiger partial charge in [-0.2, -0.15) is 0 Å². The van der Waals surface area contributed by atoms with E-state index < -0.39 is 5.60 Å². The van der Waals surface area contributed by atoms with Crippen molar-refractivity contribution >= 4 is 11.3 Å². The molecule has 0 spiro atoms. The number of hydrogen-bond acceptors (Lipinski definition) is 5. The standard InChI is InChI=1S/C12H22N2O2S/c1-9(11-7-17-10(2)14-11)13-8-12(3,15)5-6-16-4/h7,9,13,15H,5-6,8H2,1-4H3. The van der Waals surface area contributed by atoms with Crippen molar-refractivity contribution in [1.29, 1.82) is 0 Å². The SMILES string of the molecule is COCCC(C)(O)CNC(C)c1csc(C)n1. The Hall–Kier alpha value is -0.490. The van der Waals surface area contributed by atoms with E-state index >= 15 is 0 Å². The van der Waals surface area contributed by atoms with Crippen LogP contribution in [0.3, 0.4) is 0 Å². The summed E-state index contributed by atoms with van der Waals surface area (Å²) in [6.07, 6.45) is 0.624. The molecule has 2 N–H and O–H groups in total. The van der Waals surface area contributed by atoms with Crippen LogP contribution < -0.4 is 5.32 Å². The van der Waals surface area contributed by atoms with Crippen LogP contribution in [0.15, 0.2) is 5.38 Å². The van der Waals surface area contributed by atoms with E-state index in [1.807, 2.05) is 13.8 Å². The highest BCUT2D eigenvalue weighted by Crippen LogP contribution is 2.17. The molecule has 0 aliphatic rings. The number of aromatic nitrogens is 1. The molecule has 98 valence electrons. The minimum absolute atomic E-state index is 0.161. The van der Waals surface area contributed by atoms with Gasteiger partial charge < -0.3 is 15.2 Å². The molecular weight excluding hydrogens is 236 g/mol. The maximum absolute atomic E-state index is 10.1. The molecule has 0 saturated carbocycles. The Balaban J connectivity index is 2.39. The van der Waals surface area contributed by atoms with Gasteiger partial charge in [-0.05, 0) is 20.8 Å². The number of hydrogen-bond donors (Lipinski definition) is 2. The number of nitrogens with zero attached hydrogens (tertiary/aromatic N) is 1. The lowest BCUT2D eigenvalue weighted by molar-refractivity contribution is 0.0230. The monoisotopic (exact) mass is 258 g/mol. The average Bonchev–Trinajstić information content (AvgIpc) is 2.70. The van der Waals surface area contributed by atoms with Crippen molar-refractivity contribution < 1.29 is 9.84 Å². The summed E-state index contributed by atoms with van der Waals surface area (Å²) in [4.78, 5) is 4.42. The van der Waals surface area contributed by atoms with Crippen LogP contribution in [0.2, 0.25) is 0 Å². The molecule has 17 heavy (non-hydrogen) atoms. The van der Waals surface area contributed by atoms with Crippen LogP contribution in [0.25, 0.3) is 0 Å². The number of rotatable bonds is 7. The average molecular weight is 258 g/mol. The third kappa shape index (κ3) is 5.12. The molecule has 0 radical (unpaired) electrons. The van der Waals surface area contributed by atoms with E-state index in [9.17, 15) is 5.11 Å². The van der Waals surface area contributed by atoms with Crippen LogP contribution >= 0.6 is 11.3 Å². The smallest absolute Gasteiger partial charge is 0.0898 e. The van der Waals surface area contributed by atoms with Gasteiger partial charge in [-0.25, -0.2) is 4.98 Å². The van der Waals surface area contributed by atoms with Gasteiger partial charge in [0.2, 0.25) is 0 Å². The van der Waals surface area contributed by atoms with Gasteiger partial charge in [0.1, 0.15) is 0 Å². The molecular formula is C12H22N2O2S. The van der Waals surface area contributed by atoms with E-state index in [0.29, 0.717) is 19.6 Å². The Morgan fingerprint density at radius 3 is 2.88 bits per heavy atom. The van der Waals surface area contributed by atoms with Crippen LogP contribution in [0.1, 0.15) is 37.0 Å². The van der Waals surface area contributed by atoms with Gasteiger partial charge in [0.25, 0.3) is 0 Å². The van der Waals surface area contributed by atoms with Crippen LogP contribution in [0, 0.1) is 6.92 Å². The van der Waals surface area contributed by atoms with E-state index in [0.717, 1.165) is 10.7 Å². The van der Waals surface area contributed by atoms with Gasteiger partial charge in [0.05, 0.1) is 16.3 Å². The van der Waals surface area contributed by atoms with E-state index in [4.69, 9.17) is 4.74 Å². The highest BCUT2D eigenvalue weighted by molar-refractivity contribution is 7.09. The lowest BCUT2D eigenvalue weighted by Gasteiger charge is -2.25. The van der Waals surface area contributed by atoms with Crippen LogP contribution in [-0.2, 0) is 4.74 Å². The lowest BCUT2D eigenvalue weighted by atomic mass is 10.0. The van der Waals surface area contributed by atoms with Crippen LogP contribution in [0.4, 0.5) is 0 Å². The summed E-state index contributed by atoms with van der Waals surface area (Å²) in [5, 5.41) is 16.5. The van der Waals surface area contributed by atoms with Crippen molar-refractivity contribution in [2.24, 2.45) is 0 Å². The minimum Gasteiger partial charge on any atom is -0.389 e. The molecule has 4 nitrogen and oxygen atoms in total. The summed E-state index contributed by atoms with van der Waals surface area (Å²) in [7, 11) is 1.64. The quantitative estimate of drug-likeness (QED) is 0.784. The van der Waals surface area contributed by atoms with E-state index in [1.165, 1.54) is 0 Å². The normalized spacial score (nSPS) is 16.8. The van der Waals surface area contributed by atoms with Crippen molar-refractivity contribution in [1.82, 2.24) is 10.3 Å². The number of nitrogens with one attached hydrogen (secondary N) is 1. The first-order valence-corrected chi connectivity index (χ1v) is 6.69. The zero-order valence-corrected chi connectivity index (χ0v) is 11.8. The fourth-order valence-electron chi connectivity index (χ4n) is 1.47. The van der Waals surface area contributed by atoms with Crippen LogP contribution in [-0.4, -0.2) is 36.0 Å². The largest absolute Gasteiger partial charge is 0.389 e. The molecule has 1 aromatic rings. The second-order valence-electron chi connectivity index (χ2n) is 4.63. The summed E-state index contributed by atoms with van der Waals surface area (Å²) in [6.45, 7) is 6.97. The number of aryl methyl sites for hydroxylation is 1. The van der Waals surface area contributed by atoms with Gasteiger partial charge in [0, 0.05) is 38.1 Å². The Labute approximate surface area is 107 Å². The molecule has 0 aromatic carbocycles. The Morgan fingerprint density at radius 1 is 1.65 bits per heavy atom. The second kappa shape index (κ2) is 6.44. The number of ether oxygens (including phenoxy) is 1. The minimum atomic E-state index is -0.741. The van der Waals surface area contributed by atoms with Gasteiger partial charge >= 0.3 is 0 Å². The zero-order chi connectivity index (χ0) is 12.9. The predicted molar refractivity (Wildman–Crippen MR) is 70.4 cm³/mol. The third-order valence-corrected chi connectivity index (χ3v) is 3.51. The molecule has 1 aromatic heterocycles. The molecule has 0 aliphatic heterocycles. The molecule has 1 rings (SSSR count). The van der Waals surface area contributed by atoms with E-state index in [-0.39, 0.29) is 6.04 Å². The Kier molecular flexibility index (Phi) is 5.52. The number of aliphatic hydroxyl groups is 1. The molecule has 0 amide bonds. The summed E-state index contributed by atoms with van der Waals surface area (Å²) in [5.41, 5.74) is 0.296. The van der Waals surface area contributed by atoms with Crippen molar-refractivity contribution in [3.63, 3.8) is 0 Å². The highest BCUT2D eigenvalue weighted by atomic mass is 32.1. The van der Waals surface area contributed by atoms with Crippen molar-refractivity contribution in [2.75, 3.05) is 20.3 Å². The Bertz CT molecular complexity index is 339. The summed E-state index contributed by atoms with van der Waals surface area (Å²) in [6, 6.07) is 0.161. The molecule has 1 heterocycles. The maximum Gasteiger partial charge on any atom is 0.0898 e. The van der Waals surface area contributed by atoms with Gasteiger partial charge in [0.15, 0.2) is 0 Å². The number of thiazole rings is 1. The fraction of sp³-hybridized carbons (Fsp3) is 0.750. The first kappa shape index (κ1) is 14.6. The van der Waals surface area contributed by atoms with E-state index in [1.54, 1.807) is 18.4 Å². The third-order valence-electron chi connectivity index (χ3n) is 2.71. The van der Waals surface area contributed by atoms with E-state index in [2.05, 4.69) is 22.6 Å². The topological polar surface area (TPSA) is 54.4 Å². The fourth-order valence-corrected chi connectivity index (χ4v) is 2.17. The molecule has 2 unspecified atom stereocenters. The first-order chi connectivity index (χ1) is 7.94. The summed E-state index contributed by atoms with van der Waals surface area (Å²) >= 11 is 1.65. The molecule has 2 atom stereocenters. The lowest BCUT2D eigenvalue weighted by Crippen LogP contribution is -2.39. The molecule has 0 bridgehead atoms. The van der Waals surface area contributed by atoms with Crippen molar-refractivity contribution in [3.05, 3.63) is 16.1 Å². The molecule has 5 heteroatoms. The first-order valence-electron chi connectivity index (χ1n) is 5.81. The summed E-state index contributed by atoms with van der Waals surface area (Å²) < 4.78 is 4.97. The van der Waals surface area contributed by atoms with Gasteiger partial charge in [-0.15, -0.1) is 11.3 Å². The molecule has 0 fully saturated rings. The summed E-state index contributed by atoms with van der Waals surface area (Å²) in [5.74, 6) is 0. The molecule has 0 saturated heterocycles.